The van der Waals surface area contributed by atoms with E-state index >= 15 is 0 Å². The molecule has 6 nitrogen and oxygen atoms in total. The Hall–Kier alpha value is -1.90. The van der Waals surface area contributed by atoms with Crippen LogP contribution in [0.15, 0.2) is 46.5 Å². The van der Waals surface area contributed by atoms with E-state index in [1.165, 1.54) is 11.8 Å². The van der Waals surface area contributed by atoms with E-state index < -0.39 is 10.0 Å². The summed E-state index contributed by atoms with van der Waals surface area (Å²) < 4.78 is 27.9. The van der Waals surface area contributed by atoms with Gasteiger partial charge in [-0.05, 0) is 55.9 Å². The van der Waals surface area contributed by atoms with Gasteiger partial charge in [0.15, 0.2) is 0 Å². The fourth-order valence-electron chi connectivity index (χ4n) is 3.30. The lowest BCUT2D eigenvalue weighted by Gasteiger charge is -2.21. The van der Waals surface area contributed by atoms with Gasteiger partial charge in [0.2, 0.25) is 10.0 Å². The van der Waals surface area contributed by atoms with E-state index in [0.717, 1.165) is 25.7 Å². The van der Waals surface area contributed by atoms with Crippen molar-refractivity contribution in [1.29, 1.82) is 0 Å². The van der Waals surface area contributed by atoms with Crippen molar-refractivity contribution in [3.8, 4) is 0 Å². The van der Waals surface area contributed by atoms with E-state index in [0.29, 0.717) is 34.9 Å². The van der Waals surface area contributed by atoms with Crippen LogP contribution in [0.25, 0.3) is 0 Å². The van der Waals surface area contributed by atoms with Gasteiger partial charge >= 0.3 is 0 Å². The molecule has 8 heteroatoms. The highest BCUT2D eigenvalue weighted by atomic mass is 32.2. The van der Waals surface area contributed by atoms with Crippen LogP contribution in [0.5, 0.6) is 0 Å². The molecule has 1 amide bonds. The van der Waals surface area contributed by atoms with Crippen LogP contribution in [0, 0.1) is 6.92 Å². The predicted octanol–water partition coefficient (Wildman–Crippen LogP) is 3.93. The number of aryl methyl sites for hydroxylation is 1. The third-order valence-corrected chi connectivity index (χ3v) is 7.59. The summed E-state index contributed by atoms with van der Waals surface area (Å²) in [6, 6.07) is 8.43. The molecule has 0 unspecified atom stereocenters. The van der Waals surface area contributed by atoms with Crippen LogP contribution < -0.4 is 5.32 Å². The smallest absolute Gasteiger partial charge is 0.258 e. The molecule has 0 aliphatic carbocycles. The summed E-state index contributed by atoms with van der Waals surface area (Å²) in [6.07, 6.45) is 7.38. The summed E-state index contributed by atoms with van der Waals surface area (Å²) >= 11 is 1.39. The average molecular weight is 420 g/mol. The van der Waals surface area contributed by atoms with Gasteiger partial charge in [-0.25, -0.2) is 13.4 Å². The fraction of sp³-hybridized carbons (Fsp3) is 0.400. The van der Waals surface area contributed by atoms with E-state index in [9.17, 15) is 13.2 Å². The van der Waals surface area contributed by atoms with E-state index in [1.807, 2.05) is 6.26 Å². The van der Waals surface area contributed by atoms with Crippen LogP contribution in [-0.4, -0.2) is 43.0 Å². The lowest BCUT2D eigenvalue weighted by molar-refractivity contribution is 0.102. The number of rotatable bonds is 5. The topological polar surface area (TPSA) is 79.4 Å². The van der Waals surface area contributed by atoms with Crippen molar-refractivity contribution in [3.63, 3.8) is 0 Å². The second-order valence-corrected chi connectivity index (χ2v) is 9.51. The van der Waals surface area contributed by atoms with Gasteiger partial charge in [0.25, 0.3) is 5.91 Å². The monoisotopic (exact) mass is 419 g/mol. The third-order valence-electron chi connectivity index (χ3n) is 4.84. The molecule has 3 rings (SSSR count). The molecular formula is C20H25N3O3S2. The van der Waals surface area contributed by atoms with Crippen molar-refractivity contribution >= 4 is 33.4 Å². The molecule has 2 heterocycles. The third kappa shape index (κ3) is 4.56. The molecule has 1 aromatic heterocycles. The van der Waals surface area contributed by atoms with Gasteiger partial charge < -0.3 is 5.32 Å². The molecule has 0 atom stereocenters. The van der Waals surface area contributed by atoms with Gasteiger partial charge in [0.05, 0.1) is 10.5 Å². The molecule has 1 aliphatic rings. The Morgan fingerprint density at radius 2 is 1.86 bits per heavy atom. The Balaban J connectivity index is 1.88. The van der Waals surface area contributed by atoms with Crippen molar-refractivity contribution in [2.24, 2.45) is 0 Å². The molecule has 0 bridgehead atoms. The van der Waals surface area contributed by atoms with Gasteiger partial charge in [-0.15, -0.1) is 11.8 Å². The first-order valence-corrected chi connectivity index (χ1v) is 12.0. The molecule has 1 aliphatic heterocycles. The van der Waals surface area contributed by atoms with Crippen molar-refractivity contribution in [2.45, 2.75) is 42.5 Å². The van der Waals surface area contributed by atoms with Crippen LogP contribution in [0.2, 0.25) is 0 Å². The number of thioether (sulfide) groups is 1. The number of carbonyl (C=O) groups excluding carboxylic acids is 1. The largest absolute Gasteiger partial charge is 0.322 e. The number of anilines is 1. The number of sulfonamides is 1. The average Bonchev–Trinajstić information content (AvgIpc) is 2.99. The minimum atomic E-state index is -3.59. The molecule has 0 spiro atoms. The number of nitrogens with one attached hydrogen (secondary N) is 1. The Bertz CT molecular complexity index is 953. The molecule has 150 valence electrons. The molecule has 0 radical (unpaired) electrons. The summed E-state index contributed by atoms with van der Waals surface area (Å²) in [5.74, 6) is -0.306. The number of pyridine rings is 1. The SMILES string of the molecule is CSc1ncccc1C(=O)Nc1ccc(C)c(S(=O)(=O)N2CCCCCC2)c1. The van der Waals surface area contributed by atoms with E-state index in [-0.39, 0.29) is 10.8 Å². The first-order valence-electron chi connectivity index (χ1n) is 9.34. The van der Waals surface area contributed by atoms with E-state index in [2.05, 4.69) is 10.3 Å². The van der Waals surface area contributed by atoms with E-state index in [1.54, 1.807) is 47.8 Å². The number of aromatic nitrogens is 1. The van der Waals surface area contributed by atoms with Crippen LogP contribution in [0.4, 0.5) is 5.69 Å². The van der Waals surface area contributed by atoms with Crippen molar-refractivity contribution in [1.82, 2.24) is 9.29 Å². The first kappa shape index (κ1) is 20.8. The van der Waals surface area contributed by atoms with Gasteiger partial charge in [-0.2, -0.15) is 4.31 Å². The summed E-state index contributed by atoms with van der Waals surface area (Å²) in [5, 5.41) is 3.44. The van der Waals surface area contributed by atoms with Crippen molar-refractivity contribution in [3.05, 3.63) is 47.7 Å². The maximum Gasteiger partial charge on any atom is 0.258 e. The summed E-state index contributed by atoms with van der Waals surface area (Å²) in [7, 11) is -3.59. The quantitative estimate of drug-likeness (QED) is 0.743. The lowest BCUT2D eigenvalue weighted by Crippen LogP contribution is -2.32. The van der Waals surface area contributed by atoms with Crippen LogP contribution in [0.1, 0.15) is 41.6 Å². The minimum absolute atomic E-state index is 0.253. The summed E-state index contributed by atoms with van der Waals surface area (Å²) in [4.78, 5) is 17.1. The summed E-state index contributed by atoms with van der Waals surface area (Å²) in [5.41, 5.74) is 1.60. The van der Waals surface area contributed by atoms with Crippen molar-refractivity contribution in [2.75, 3.05) is 24.7 Å². The van der Waals surface area contributed by atoms with Gasteiger partial charge in [0, 0.05) is 25.0 Å². The maximum absolute atomic E-state index is 13.2. The first-order chi connectivity index (χ1) is 13.4. The summed E-state index contributed by atoms with van der Waals surface area (Å²) in [6.45, 7) is 2.87. The van der Waals surface area contributed by atoms with Crippen LogP contribution in [-0.2, 0) is 10.0 Å². The second-order valence-electron chi connectivity index (χ2n) is 6.81. The number of benzene rings is 1. The molecule has 0 saturated carbocycles. The highest BCUT2D eigenvalue weighted by Crippen LogP contribution is 2.26. The minimum Gasteiger partial charge on any atom is -0.322 e. The highest BCUT2D eigenvalue weighted by Gasteiger charge is 2.27. The van der Waals surface area contributed by atoms with Crippen molar-refractivity contribution < 1.29 is 13.2 Å². The number of carbonyl (C=O) groups is 1. The van der Waals surface area contributed by atoms with E-state index in [4.69, 9.17) is 0 Å². The van der Waals surface area contributed by atoms with Crippen LogP contribution in [0.3, 0.4) is 0 Å². The van der Waals surface area contributed by atoms with Gasteiger partial charge in [-0.1, -0.05) is 18.9 Å². The molecule has 28 heavy (non-hydrogen) atoms. The number of hydrogen-bond acceptors (Lipinski definition) is 5. The standard InChI is InChI=1S/C20H25N3O3S2/c1-15-9-10-16(22-19(24)17-8-7-11-21-20(17)27-2)14-18(15)28(25,26)23-12-5-3-4-6-13-23/h7-11,14H,3-6,12-13H2,1-2H3,(H,22,24). The fourth-order valence-corrected chi connectivity index (χ4v) is 5.62. The lowest BCUT2D eigenvalue weighted by atomic mass is 10.2. The van der Waals surface area contributed by atoms with Crippen LogP contribution >= 0.6 is 11.8 Å². The molecule has 1 N–H and O–H groups in total. The zero-order valence-electron chi connectivity index (χ0n) is 16.1. The maximum atomic E-state index is 13.2. The Morgan fingerprint density at radius 3 is 2.54 bits per heavy atom. The zero-order valence-corrected chi connectivity index (χ0v) is 17.8. The number of amides is 1. The number of hydrogen-bond donors (Lipinski definition) is 1. The molecule has 1 saturated heterocycles. The Kier molecular flexibility index (Phi) is 6.74. The van der Waals surface area contributed by atoms with Gasteiger partial charge in [0.1, 0.15) is 5.03 Å². The predicted molar refractivity (Wildman–Crippen MR) is 112 cm³/mol. The normalized spacial score (nSPS) is 15.8. The molecule has 1 fully saturated rings. The zero-order chi connectivity index (χ0) is 20.1. The second kappa shape index (κ2) is 9.07. The molecule has 2 aromatic rings. The molecular weight excluding hydrogens is 394 g/mol. The Morgan fingerprint density at radius 1 is 1.14 bits per heavy atom. The van der Waals surface area contributed by atoms with Gasteiger partial charge in [-0.3, -0.25) is 4.79 Å². The molecule has 1 aromatic carbocycles. The number of nitrogens with zero attached hydrogens (tertiary/aromatic N) is 2. The highest BCUT2D eigenvalue weighted by molar-refractivity contribution is 7.98. The Labute approximate surface area is 170 Å².